The molecule has 0 radical (unpaired) electrons. The van der Waals surface area contributed by atoms with Gasteiger partial charge in [-0.15, -0.1) is 0 Å². The van der Waals surface area contributed by atoms with Crippen molar-refractivity contribution in [3.8, 4) is 0 Å². The van der Waals surface area contributed by atoms with Gasteiger partial charge in [0.2, 0.25) is 0 Å². The molecule has 6 heteroatoms. The molecule has 4 nitrogen and oxygen atoms in total. The van der Waals surface area contributed by atoms with Crippen molar-refractivity contribution in [1.82, 2.24) is 0 Å². The van der Waals surface area contributed by atoms with Crippen LogP contribution in [0.5, 0.6) is 0 Å². The monoisotopic (exact) mass is 164 g/mol. The summed E-state index contributed by atoms with van der Waals surface area (Å²) in [7, 11) is 0. The normalized spacial score (nSPS) is 7.60. The van der Waals surface area contributed by atoms with Crippen LogP contribution in [0.4, 0.5) is 0 Å². The largest absolute Gasteiger partial charge is 1.00 e. The zero-order valence-corrected chi connectivity index (χ0v) is 9.87. The van der Waals surface area contributed by atoms with Crippen LogP contribution in [0.3, 0.4) is 0 Å². The SMILES string of the molecule is O=C(O)/C=C/C(=O)O.[H-].[H-].[Na+].[Na+]. The van der Waals surface area contributed by atoms with Gasteiger partial charge in [-0.3, -0.25) is 0 Å². The van der Waals surface area contributed by atoms with E-state index in [0.717, 1.165) is 0 Å². The van der Waals surface area contributed by atoms with Crippen LogP contribution in [0.15, 0.2) is 12.2 Å². The van der Waals surface area contributed by atoms with Crippen LogP contribution in [0.2, 0.25) is 0 Å². The standard InChI is InChI=1S/C4H4O4.2Na.2H/c5-3(6)1-2-4(7)8;;;;/h1-2H,(H,5,6)(H,7,8);;;;/q;2*+1;2*-1/b2-1+;;;;. The van der Waals surface area contributed by atoms with Crippen molar-refractivity contribution in [2.75, 3.05) is 0 Å². The van der Waals surface area contributed by atoms with Crippen molar-refractivity contribution >= 4 is 11.9 Å². The molecule has 0 rings (SSSR count). The fourth-order valence-electron chi connectivity index (χ4n) is 0.143. The van der Waals surface area contributed by atoms with E-state index >= 15 is 0 Å². The molecule has 0 aliphatic carbocycles. The van der Waals surface area contributed by atoms with Crippen LogP contribution in [-0.4, -0.2) is 22.2 Å². The van der Waals surface area contributed by atoms with Crippen molar-refractivity contribution in [3.05, 3.63) is 12.2 Å². The molecule has 0 aromatic rings. The third-order valence-electron chi connectivity index (χ3n) is 0.368. The Labute approximate surface area is 105 Å². The van der Waals surface area contributed by atoms with E-state index in [1.165, 1.54) is 0 Å². The van der Waals surface area contributed by atoms with Crippen LogP contribution in [-0.2, 0) is 9.59 Å². The predicted molar refractivity (Wildman–Crippen MR) is 26.6 cm³/mol. The Hall–Kier alpha value is 0.680. The van der Waals surface area contributed by atoms with Crippen LogP contribution in [0.25, 0.3) is 0 Å². The summed E-state index contributed by atoms with van der Waals surface area (Å²) in [4.78, 5) is 19.1. The predicted octanol–water partition coefficient (Wildman–Crippen LogP) is -6.06. The first-order chi connectivity index (χ1) is 3.63. The van der Waals surface area contributed by atoms with Crippen LogP contribution < -0.4 is 59.1 Å². The van der Waals surface area contributed by atoms with E-state index in [-0.39, 0.29) is 62.0 Å². The van der Waals surface area contributed by atoms with Crippen molar-refractivity contribution in [2.24, 2.45) is 0 Å². The molecule has 2 N–H and O–H groups in total. The Morgan fingerprint density at radius 3 is 1.30 bits per heavy atom. The molecule has 0 bridgehead atoms. The van der Waals surface area contributed by atoms with E-state index in [1.54, 1.807) is 0 Å². The third kappa shape index (κ3) is 15.9. The van der Waals surface area contributed by atoms with Crippen LogP contribution in [0, 0.1) is 0 Å². The minimum absolute atomic E-state index is 0. The second kappa shape index (κ2) is 9.68. The minimum Gasteiger partial charge on any atom is -1.00 e. The summed E-state index contributed by atoms with van der Waals surface area (Å²) in [6.07, 6.45) is 1.12. The fourth-order valence-corrected chi connectivity index (χ4v) is 0.143. The van der Waals surface area contributed by atoms with E-state index in [0.29, 0.717) is 12.2 Å². The molecule has 0 aromatic carbocycles. The smallest absolute Gasteiger partial charge is 1.00 e. The summed E-state index contributed by atoms with van der Waals surface area (Å²) in [5.74, 6) is -2.51. The first-order valence-corrected chi connectivity index (χ1v) is 1.77. The second-order valence-corrected chi connectivity index (χ2v) is 1.01. The second-order valence-electron chi connectivity index (χ2n) is 1.01. The first kappa shape index (κ1) is 17.0. The number of carboxylic acid groups (broad SMARTS) is 2. The first-order valence-electron chi connectivity index (χ1n) is 1.77. The van der Waals surface area contributed by atoms with Gasteiger partial charge in [0.05, 0.1) is 0 Å². The molecule has 0 spiro atoms. The van der Waals surface area contributed by atoms with Gasteiger partial charge >= 0.3 is 71.1 Å². The molecule has 10 heavy (non-hydrogen) atoms. The van der Waals surface area contributed by atoms with Crippen molar-refractivity contribution in [3.63, 3.8) is 0 Å². The van der Waals surface area contributed by atoms with E-state index in [9.17, 15) is 9.59 Å². The molecule has 0 amide bonds. The number of aliphatic carboxylic acids is 2. The Bertz CT molecular complexity index is 134. The fraction of sp³-hybridized carbons (Fsp3) is 0. The Morgan fingerprint density at radius 2 is 1.20 bits per heavy atom. The molecule has 0 aliphatic heterocycles. The number of hydrogen-bond donors (Lipinski definition) is 2. The minimum atomic E-state index is -1.26. The molecule has 0 unspecified atom stereocenters. The van der Waals surface area contributed by atoms with Gasteiger partial charge in [0.1, 0.15) is 0 Å². The molecule has 0 fully saturated rings. The zero-order chi connectivity index (χ0) is 6.57. The maximum absolute atomic E-state index is 9.55. The topological polar surface area (TPSA) is 74.6 Å². The van der Waals surface area contributed by atoms with Gasteiger partial charge in [-0.25, -0.2) is 9.59 Å². The van der Waals surface area contributed by atoms with Crippen LogP contribution >= 0.6 is 0 Å². The maximum Gasteiger partial charge on any atom is 1.00 e. The maximum atomic E-state index is 9.55. The zero-order valence-electron chi connectivity index (χ0n) is 7.87. The molecular formula is C4H6Na2O4. The van der Waals surface area contributed by atoms with Gasteiger partial charge in [-0.05, 0) is 0 Å². The van der Waals surface area contributed by atoms with Gasteiger partial charge in [0, 0.05) is 12.2 Å². The van der Waals surface area contributed by atoms with E-state index < -0.39 is 11.9 Å². The molecule has 0 saturated heterocycles. The molecular weight excluding hydrogens is 158 g/mol. The van der Waals surface area contributed by atoms with Crippen molar-refractivity contribution in [1.29, 1.82) is 0 Å². The molecule has 0 atom stereocenters. The number of carboxylic acids is 2. The van der Waals surface area contributed by atoms with Gasteiger partial charge in [0.25, 0.3) is 0 Å². The summed E-state index contributed by atoms with van der Waals surface area (Å²) < 4.78 is 0. The average Bonchev–Trinajstić information content (AvgIpc) is 1.61. The van der Waals surface area contributed by atoms with Crippen molar-refractivity contribution < 1.29 is 81.8 Å². The number of carbonyl (C=O) groups is 2. The summed E-state index contributed by atoms with van der Waals surface area (Å²) in [5.41, 5.74) is 0. The van der Waals surface area contributed by atoms with Gasteiger partial charge in [0.15, 0.2) is 0 Å². The Morgan fingerprint density at radius 1 is 1.00 bits per heavy atom. The van der Waals surface area contributed by atoms with Crippen LogP contribution in [0.1, 0.15) is 2.85 Å². The van der Waals surface area contributed by atoms with Gasteiger partial charge in [-0.1, -0.05) is 0 Å². The molecule has 0 heterocycles. The summed E-state index contributed by atoms with van der Waals surface area (Å²) in [6.45, 7) is 0. The molecule has 0 aromatic heterocycles. The van der Waals surface area contributed by atoms with E-state index in [2.05, 4.69) is 0 Å². The van der Waals surface area contributed by atoms with Gasteiger partial charge in [-0.2, -0.15) is 0 Å². The number of hydrogen-bond acceptors (Lipinski definition) is 2. The Balaban J connectivity index is -0.0000000408. The van der Waals surface area contributed by atoms with E-state index in [1.807, 2.05) is 0 Å². The molecule has 0 aliphatic rings. The van der Waals surface area contributed by atoms with Gasteiger partial charge < -0.3 is 13.1 Å². The third-order valence-corrected chi connectivity index (χ3v) is 0.368. The summed E-state index contributed by atoms with van der Waals surface area (Å²) >= 11 is 0. The summed E-state index contributed by atoms with van der Waals surface area (Å²) in [5, 5.41) is 15.6. The van der Waals surface area contributed by atoms with Crippen molar-refractivity contribution in [2.45, 2.75) is 0 Å². The average molecular weight is 164 g/mol. The molecule has 48 valence electrons. The van der Waals surface area contributed by atoms with E-state index in [4.69, 9.17) is 10.2 Å². The number of rotatable bonds is 2. The summed E-state index contributed by atoms with van der Waals surface area (Å²) in [6, 6.07) is 0. The molecule has 0 saturated carbocycles. The quantitative estimate of drug-likeness (QED) is 0.314. The Kier molecular flexibility index (Phi) is 16.4.